The zero-order valence-electron chi connectivity index (χ0n) is 21.3. The Morgan fingerprint density at radius 3 is 2.45 bits per heavy atom. The summed E-state index contributed by atoms with van der Waals surface area (Å²) in [5.74, 6) is -4.25. The highest BCUT2D eigenvalue weighted by Gasteiger charge is 2.72. The third kappa shape index (κ3) is 4.02. The van der Waals surface area contributed by atoms with Gasteiger partial charge in [0.1, 0.15) is 5.54 Å². The molecule has 6 rings (SSSR count). The Hall–Kier alpha value is -4.60. The number of fused-ring (bicyclic) bond motifs is 1. The SMILES string of the molecule is CNc1ncn(C2(C(=O)Nc3cncc(-c4cnc(N5CC6C(C5)C6(F)F)nc4)n3)CC2)c1C(=O)N(C=O)CN. The Labute approximate surface area is 226 Å². The monoisotopic (exact) mass is 553 g/mol. The van der Waals surface area contributed by atoms with E-state index in [4.69, 9.17) is 5.73 Å². The highest BCUT2D eigenvalue weighted by atomic mass is 19.3. The van der Waals surface area contributed by atoms with Crippen molar-refractivity contribution < 1.29 is 23.2 Å². The van der Waals surface area contributed by atoms with E-state index in [1.54, 1.807) is 11.9 Å². The Morgan fingerprint density at radius 2 is 1.85 bits per heavy atom. The van der Waals surface area contributed by atoms with Gasteiger partial charge in [-0.2, -0.15) is 0 Å². The number of rotatable bonds is 9. The average Bonchev–Trinajstić information content (AvgIpc) is 3.67. The molecule has 4 N–H and O–H groups in total. The molecule has 2 atom stereocenters. The largest absolute Gasteiger partial charge is 0.371 e. The van der Waals surface area contributed by atoms with Crippen molar-refractivity contribution in [3.8, 4) is 11.3 Å². The van der Waals surface area contributed by atoms with Crippen molar-refractivity contribution in [2.24, 2.45) is 17.6 Å². The van der Waals surface area contributed by atoms with Gasteiger partial charge in [-0.15, -0.1) is 0 Å². The minimum absolute atomic E-state index is 0.0313. The number of anilines is 3. The smallest absolute Gasteiger partial charge is 0.281 e. The van der Waals surface area contributed by atoms with E-state index >= 15 is 0 Å². The van der Waals surface area contributed by atoms with Crippen LogP contribution < -0.4 is 21.3 Å². The fourth-order valence-corrected chi connectivity index (χ4v) is 5.15. The van der Waals surface area contributed by atoms with Crippen LogP contribution in [0.15, 0.2) is 31.1 Å². The summed E-state index contributed by atoms with van der Waals surface area (Å²) >= 11 is 0. The molecule has 2 aliphatic carbocycles. The van der Waals surface area contributed by atoms with Gasteiger partial charge in [0.05, 0.1) is 42.9 Å². The molecule has 208 valence electrons. The number of nitrogens with two attached hydrogens (primary N) is 1. The molecule has 3 aromatic heterocycles. The number of hydrogen-bond donors (Lipinski definition) is 3. The molecule has 3 fully saturated rings. The lowest BCUT2D eigenvalue weighted by molar-refractivity contribution is -0.120. The first-order valence-electron chi connectivity index (χ1n) is 12.5. The van der Waals surface area contributed by atoms with Crippen molar-refractivity contribution in [2.75, 3.05) is 42.3 Å². The summed E-state index contributed by atoms with van der Waals surface area (Å²) in [6.45, 7) is 0.108. The molecular weight excluding hydrogens is 528 g/mol. The van der Waals surface area contributed by atoms with Crippen LogP contribution in [0.2, 0.25) is 0 Å². The zero-order valence-corrected chi connectivity index (χ0v) is 21.3. The molecule has 1 saturated heterocycles. The molecule has 1 aliphatic heterocycles. The van der Waals surface area contributed by atoms with Crippen LogP contribution in [0.25, 0.3) is 11.3 Å². The highest BCUT2D eigenvalue weighted by Crippen LogP contribution is 2.59. The van der Waals surface area contributed by atoms with E-state index in [1.807, 2.05) is 0 Å². The minimum Gasteiger partial charge on any atom is -0.371 e. The van der Waals surface area contributed by atoms with Gasteiger partial charge in [0.25, 0.3) is 17.7 Å². The first kappa shape index (κ1) is 25.7. The van der Waals surface area contributed by atoms with Crippen LogP contribution in [-0.4, -0.2) is 85.3 Å². The first-order valence-corrected chi connectivity index (χ1v) is 12.5. The van der Waals surface area contributed by atoms with Crippen LogP contribution in [0.1, 0.15) is 23.3 Å². The van der Waals surface area contributed by atoms with Crippen LogP contribution in [0.5, 0.6) is 0 Å². The number of piperidine rings is 1. The van der Waals surface area contributed by atoms with Crippen molar-refractivity contribution in [1.29, 1.82) is 0 Å². The predicted octanol–water partition coefficient (Wildman–Crippen LogP) is 0.516. The van der Waals surface area contributed by atoms with Crippen molar-refractivity contribution in [1.82, 2.24) is 34.4 Å². The summed E-state index contributed by atoms with van der Waals surface area (Å²) in [7, 11) is 1.57. The molecule has 0 radical (unpaired) electrons. The van der Waals surface area contributed by atoms with Crippen molar-refractivity contribution in [3.63, 3.8) is 0 Å². The molecule has 0 bridgehead atoms. The lowest BCUT2D eigenvalue weighted by atomic mass is 10.2. The van der Waals surface area contributed by atoms with E-state index < -0.39 is 35.1 Å². The van der Waals surface area contributed by atoms with E-state index in [0.717, 1.165) is 4.90 Å². The van der Waals surface area contributed by atoms with Crippen LogP contribution in [0, 0.1) is 11.8 Å². The van der Waals surface area contributed by atoms with Gasteiger partial charge in [-0.3, -0.25) is 24.3 Å². The van der Waals surface area contributed by atoms with Crippen molar-refractivity contribution in [3.05, 3.63) is 36.8 Å². The third-order valence-corrected chi connectivity index (χ3v) is 7.69. The maximum Gasteiger partial charge on any atom is 0.281 e. The fraction of sp³-hybridized carbons (Fsp3) is 0.417. The standard InChI is InChI=1S/C24H25F2N11O3/c1-28-19-18(20(39)36(10-27)12-38)37(11-32-19)23(2-3-23)21(40)34-17-7-29-6-16(33-17)13-4-30-22(31-5-13)35-8-14-15(9-35)24(14,25)26/h4-7,11-12,14-15,28H,2-3,8-10,27H2,1H3,(H,33,34,40). The molecule has 2 unspecified atom stereocenters. The van der Waals surface area contributed by atoms with E-state index in [9.17, 15) is 23.2 Å². The van der Waals surface area contributed by atoms with Gasteiger partial charge < -0.3 is 25.8 Å². The van der Waals surface area contributed by atoms with Gasteiger partial charge in [-0.1, -0.05) is 0 Å². The second-order valence-electron chi connectivity index (χ2n) is 9.96. The minimum atomic E-state index is -2.58. The van der Waals surface area contributed by atoms with Crippen molar-refractivity contribution in [2.45, 2.75) is 24.3 Å². The number of carbonyl (C=O) groups is 3. The number of imidazole rings is 1. The summed E-state index contributed by atoms with van der Waals surface area (Å²) in [5.41, 5.74) is 5.36. The summed E-state index contributed by atoms with van der Waals surface area (Å²) < 4.78 is 28.4. The Morgan fingerprint density at radius 1 is 1.15 bits per heavy atom. The van der Waals surface area contributed by atoms with E-state index in [-0.39, 0.29) is 37.1 Å². The maximum absolute atomic E-state index is 13.5. The topological polar surface area (TPSA) is 177 Å². The predicted molar refractivity (Wildman–Crippen MR) is 136 cm³/mol. The fourth-order valence-electron chi connectivity index (χ4n) is 5.15. The number of imide groups is 1. The molecule has 0 spiro atoms. The van der Waals surface area contributed by atoms with Crippen LogP contribution in [-0.2, 0) is 15.1 Å². The molecule has 14 nitrogen and oxygen atoms in total. The van der Waals surface area contributed by atoms with E-state index in [1.165, 1.54) is 35.7 Å². The Balaban J connectivity index is 1.19. The van der Waals surface area contributed by atoms with Gasteiger partial charge >= 0.3 is 0 Å². The summed E-state index contributed by atoms with van der Waals surface area (Å²) in [5, 5.41) is 5.56. The quantitative estimate of drug-likeness (QED) is 0.249. The van der Waals surface area contributed by atoms with Gasteiger partial charge in [0.15, 0.2) is 17.3 Å². The summed E-state index contributed by atoms with van der Waals surface area (Å²) in [6.07, 6.45) is 8.47. The number of alkyl halides is 2. The van der Waals surface area contributed by atoms with Crippen molar-refractivity contribution >= 4 is 35.8 Å². The number of nitrogens with zero attached hydrogens (tertiary/aromatic N) is 8. The zero-order chi connectivity index (χ0) is 28.2. The molecule has 2 saturated carbocycles. The van der Waals surface area contributed by atoms with Crippen LogP contribution in [0.4, 0.5) is 26.4 Å². The molecule has 16 heteroatoms. The lowest BCUT2D eigenvalue weighted by Crippen LogP contribution is -2.40. The number of amides is 3. The second-order valence-corrected chi connectivity index (χ2v) is 9.96. The molecule has 40 heavy (non-hydrogen) atoms. The molecule has 3 amide bonds. The molecular formula is C24H25F2N11O3. The first-order chi connectivity index (χ1) is 19.2. The highest BCUT2D eigenvalue weighted by molar-refractivity contribution is 6.04. The molecule has 3 aromatic rings. The normalized spacial score (nSPS) is 21.4. The van der Waals surface area contributed by atoms with Crippen LogP contribution in [0.3, 0.4) is 0 Å². The maximum atomic E-state index is 13.5. The lowest BCUT2D eigenvalue weighted by Gasteiger charge is -2.21. The summed E-state index contributed by atoms with van der Waals surface area (Å²) in [6, 6.07) is 0. The second kappa shape index (κ2) is 9.25. The van der Waals surface area contributed by atoms with Gasteiger partial charge in [-0.25, -0.2) is 28.7 Å². The summed E-state index contributed by atoms with van der Waals surface area (Å²) in [4.78, 5) is 61.7. The van der Waals surface area contributed by atoms with E-state index in [2.05, 4.69) is 35.6 Å². The number of aromatic nitrogens is 6. The molecule has 0 aromatic carbocycles. The number of hydrogen-bond acceptors (Lipinski definition) is 11. The van der Waals surface area contributed by atoms with Crippen LogP contribution >= 0.6 is 0 Å². The third-order valence-electron chi connectivity index (χ3n) is 7.69. The number of carbonyl (C=O) groups excluding carboxylic acids is 3. The van der Waals surface area contributed by atoms with E-state index in [0.29, 0.717) is 36.5 Å². The van der Waals surface area contributed by atoms with Gasteiger partial charge in [0.2, 0.25) is 12.4 Å². The average molecular weight is 554 g/mol. The van der Waals surface area contributed by atoms with Gasteiger partial charge in [-0.05, 0) is 12.8 Å². The molecule has 3 aliphatic rings. The Kier molecular flexibility index (Phi) is 5.94. The molecule has 4 heterocycles. The number of nitrogens with one attached hydrogen (secondary N) is 2. The Bertz CT molecular complexity index is 1480. The van der Waals surface area contributed by atoms with Gasteiger partial charge in [0, 0.05) is 38.1 Å². The number of halogens is 2.